The number of carbonyl (C=O) groups excluding carboxylic acids is 1. The lowest BCUT2D eigenvalue weighted by Gasteiger charge is -2.36. The van der Waals surface area contributed by atoms with Crippen molar-refractivity contribution in [2.75, 3.05) is 11.9 Å². The second kappa shape index (κ2) is 6.09. The normalized spacial score (nSPS) is 21.8. The van der Waals surface area contributed by atoms with Gasteiger partial charge in [-0.05, 0) is 25.0 Å². The van der Waals surface area contributed by atoms with Gasteiger partial charge in [0, 0.05) is 18.7 Å². The van der Waals surface area contributed by atoms with Crippen LogP contribution in [0.4, 0.5) is 11.4 Å². The second-order valence-corrected chi connectivity index (χ2v) is 5.35. The van der Waals surface area contributed by atoms with Crippen LogP contribution in [0, 0.1) is 10.1 Å². The number of benzene rings is 1. The number of nitrogens with zero attached hydrogens (tertiary/aromatic N) is 2. The molecule has 7 nitrogen and oxygen atoms in total. The van der Waals surface area contributed by atoms with E-state index in [2.05, 4.69) is 0 Å². The number of hydrogen-bond acceptors (Lipinski definition) is 5. The van der Waals surface area contributed by atoms with Gasteiger partial charge >= 0.3 is 0 Å². The largest absolute Gasteiger partial charge is 0.391 e. The number of likely N-dealkylation sites (N-methyl/N-ethyl adjacent to an activating group) is 1. The summed E-state index contributed by atoms with van der Waals surface area (Å²) in [5, 5.41) is 21.3. The predicted molar refractivity (Wildman–Crippen MR) is 78.3 cm³/mol. The summed E-state index contributed by atoms with van der Waals surface area (Å²) in [7, 11) is 1.73. The third-order valence-corrected chi connectivity index (χ3v) is 4.03. The third-order valence-electron chi connectivity index (χ3n) is 4.03. The summed E-state index contributed by atoms with van der Waals surface area (Å²) >= 11 is 0. The average molecular weight is 293 g/mol. The van der Waals surface area contributed by atoms with E-state index in [1.54, 1.807) is 11.9 Å². The lowest BCUT2D eigenvalue weighted by molar-refractivity contribution is -0.384. The van der Waals surface area contributed by atoms with Crippen molar-refractivity contribution in [1.29, 1.82) is 0 Å². The summed E-state index contributed by atoms with van der Waals surface area (Å²) in [6, 6.07) is 4.01. The minimum absolute atomic E-state index is 0.100. The number of nitro benzene ring substituents is 1. The van der Waals surface area contributed by atoms with Gasteiger partial charge in [0.2, 0.25) is 5.91 Å². The van der Waals surface area contributed by atoms with Crippen LogP contribution in [0.25, 0.3) is 0 Å². The van der Waals surface area contributed by atoms with Gasteiger partial charge in [-0.1, -0.05) is 12.8 Å². The van der Waals surface area contributed by atoms with E-state index in [0.717, 1.165) is 19.3 Å². The fourth-order valence-electron chi connectivity index (χ4n) is 2.84. The summed E-state index contributed by atoms with van der Waals surface area (Å²) in [6.07, 6.45) is 2.93. The van der Waals surface area contributed by atoms with Gasteiger partial charge in [0.25, 0.3) is 5.69 Å². The first kappa shape index (κ1) is 15.2. The average Bonchev–Trinajstić information content (AvgIpc) is 2.46. The maximum atomic E-state index is 11.2. The zero-order valence-corrected chi connectivity index (χ0v) is 11.9. The molecule has 0 heterocycles. The Balaban J connectivity index is 2.37. The molecule has 1 aromatic carbocycles. The van der Waals surface area contributed by atoms with Crippen molar-refractivity contribution < 1.29 is 14.8 Å². The van der Waals surface area contributed by atoms with Crippen LogP contribution < -0.4 is 10.6 Å². The van der Waals surface area contributed by atoms with Crippen LogP contribution in [-0.4, -0.2) is 35.1 Å². The van der Waals surface area contributed by atoms with Crippen molar-refractivity contribution in [2.24, 2.45) is 5.73 Å². The van der Waals surface area contributed by atoms with Gasteiger partial charge in [0.05, 0.1) is 17.1 Å². The SMILES string of the molecule is CN(c1ccc(C(N)=O)cc1[N+](=O)[O-])C1CCCCC1O. The third kappa shape index (κ3) is 3.13. The van der Waals surface area contributed by atoms with Crippen LogP contribution in [0.5, 0.6) is 0 Å². The molecule has 2 unspecified atom stereocenters. The quantitative estimate of drug-likeness (QED) is 0.644. The van der Waals surface area contributed by atoms with Gasteiger partial charge in [-0.2, -0.15) is 0 Å². The Kier molecular flexibility index (Phi) is 4.42. The maximum absolute atomic E-state index is 11.2. The number of nitro groups is 1. The number of amides is 1. The van der Waals surface area contributed by atoms with Crippen molar-refractivity contribution >= 4 is 17.3 Å². The summed E-state index contributed by atoms with van der Waals surface area (Å²) in [6.45, 7) is 0. The molecule has 0 aromatic heterocycles. The lowest BCUT2D eigenvalue weighted by atomic mass is 9.91. The van der Waals surface area contributed by atoms with E-state index in [0.29, 0.717) is 12.1 Å². The van der Waals surface area contributed by atoms with E-state index in [-0.39, 0.29) is 17.3 Å². The molecule has 1 amide bonds. The smallest absolute Gasteiger partial charge is 0.293 e. The van der Waals surface area contributed by atoms with Crippen molar-refractivity contribution in [3.63, 3.8) is 0 Å². The first-order valence-electron chi connectivity index (χ1n) is 6.91. The molecule has 21 heavy (non-hydrogen) atoms. The van der Waals surface area contributed by atoms with Gasteiger partial charge in [0.1, 0.15) is 5.69 Å². The number of nitrogens with two attached hydrogens (primary N) is 1. The van der Waals surface area contributed by atoms with Crippen LogP contribution in [0.15, 0.2) is 18.2 Å². The Morgan fingerprint density at radius 3 is 2.67 bits per heavy atom. The molecule has 1 aliphatic rings. The molecule has 0 bridgehead atoms. The van der Waals surface area contributed by atoms with E-state index in [4.69, 9.17) is 5.73 Å². The van der Waals surface area contributed by atoms with Crippen molar-refractivity contribution in [2.45, 2.75) is 37.8 Å². The molecule has 114 valence electrons. The Bertz CT molecular complexity index is 561. The van der Waals surface area contributed by atoms with Gasteiger partial charge < -0.3 is 15.7 Å². The van der Waals surface area contributed by atoms with Crippen molar-refractivity contribution in [3.05, 3.63) is 33.9 Å². The minimum atomic E-state index is -0.704. The standard InChI is InChI=1S/C14H19N3O4/c1-16(11-4-2-3-5-13(11)18)10-7-6-9(14(15)19)8-12(10)17(20)21/h6-8,11,13,18H,2-5H2,1H3,(H2,15,19). The molecule has 1 saturated carbocycles. The number of hydrogen-bond donors (Lipinski definition) is 2. The van der Waals surface area contributed by atoms with E-state index in [1.165, 1.54) is 18.2 Å². The van der Waals surface area contributed by atoms with Gasteiger partial charge in [0.15, 0.2) is 0 Å². The fraction of sp³-hybridized carbons (Fsp3) is 0.500. The Morgan fingerprint density at radius 2 is 2.10 bits per heavy atom. The molecule has 2 atom stereocenters. The van der Waals surface area contributed by atoms with E-state index >= 15 is 0 Å². The molecular weight excluding hydrogens is 274 g/mol. The Morgan fingerprint density at radius 1 is 1.43 bits per heavy atom. The molecule has 7 heteroatoms. The number of aliphatic hydroxyl groups is 1. The van der Waals surface area contributed by atoms with Crippen LogP contribution in [0.1, 0.15) is 36.0 Å². The van der Waals surface area contributed by atoms with Gasteiger partial charge in [-0.15, -0.1) is 0 Å². The topological polar surface area (TPSA) is 110 Å². The Labute approximate surface area is 122 Å². The molecule has 1 aliphatic carbocycles. The van der Waals surface area contributed by atoms with E-state index in [9.17, 15) is 20.0 Å². The molecule has 0 saturated heterocycles. The molecule has 0 spiro atoms. The molecule has 3 N–H and O–H groups in total. The molecular formula is C14H19N3O4. The summed E-state index contributed by atoms with van der Waals surface area (Å²) in [5.74, 6) is -0.704. The first-order valence-corrected chi connectivity index (χ1v) is 6.91. The van der Waals surface area contributed by atoms with Crippen molar-refractivity contribution in [3.8, 4) is 0 Å². The lowest BCUT2D eigenvalue weighted by Crippen LogP contribution is -2.43. The summed E-state index contributed by atoms with van der Waals surface area (Å²) < 4.78 is 0. The number of aliphatic hydroxyl groups excluding tert-OH is 1. The highest BCUT2D eigenvalue weighted by atomic mass is 16.6. The fourth-order valence-corrected chi connectivity index (χ4v) is 2.84. The van der Waals surface area contributed by atoms with E-state index in [1.807, 2.05) is 0 Å². The molecule has 1 fully saturated rings. The summed E-state index contributed by atoms with van der Waals surface area (Å²) in [5.41, 5.74) is 5.47. The highest BCUT2D eigenvalue weighted by molar-refractivity contribution is 5.94. The Hall–Kier alpha value is -2.15. The van der Waals surface area contributed by atoms with Gasteiger partial charge in [-0.25, -0.2) is 0 Å². The zero-order valence-electron chi connectivity index (χ0n) is 11.9. The molecule has 0 radical (unpaired) electrons. The molecule has 0 aliphatic heterocycles. The van der Waals surface area contributed by atoms with Crippen LogP contribution >= 0.6 is 0 Å². The monoisotopic (exact) mass is 293 g/mol. The van der Waals surface area contributed by atoms with Crippen LogP contribution in [0.2, 0.25) is 0 Å². The maximum Gasteiger partial charge on any atom is 0.293 e. The zero-order chi connectivity index (χ0) is 15.6. The molecule has 2 rings (SSSR count). The second-order valence-electron chi connectivity index (χ2n) is 5.35. The van der Waals surface area contributed by atoms with Crippen LogP contribution in [0.3, 0.4) is 0 Å². The highest BCUT2D eigenvalue weighted by Gasteiger charge is 2.30. The van der Waals surface area contributed by atoms with Crippen LogP contribution in [-0.2, 0) is 0 Å². The number of rotatable bonds is 4. The highest BCUT2D eigenvalue weighted by Crippen LogP contribution is 2.33. The number of carbonyl (C=O) groups is 1. The molecule has 1 aromatic rings. The van der Waals surface area contributed by atoms with E-state index < -0.39 is 16.9 Å². The van der Waals surface area contributed by atoms with Crippen molar-refractivity contribution in [1.82, 2.24) is 0 Å². The minimum Gasteiger partial charge on any atom is -0.391 e. The number of primary amides is 1. The predicted octanol–water partition coefficient (Wildman–Crippen LogP) is 1.43. The number of anilines is 1. The summed E-state index contributed by atoms with van der Waals surface area (Å²) in [4.78, 5) is 23.6. The first-order chi connectivity index (χ1) is 9.91. The van der Waals surface area contributed by atoms with Gasteiger partial charge in [-0.3, -0.25) is 14.9 Å².